The van der Waals surface area contributed by atoms with Crippen LogP contribution in [0.4, 0.5) is 4.79 Å². The number of aryl methyl sites for hydroxylation is 1. The lowest BCUT2D eigenvalue weighted by Gasteiger charge is -2.15. The highest BCUT2D eigenvalue weighted by Crippen LogP contribution is 2.06. The molecular weight excluding hydrogens is 294 g/mol. The number of hydrogen-bond donors (Lipinski definition) is 1. The van der Waals surface area contributed by atoms with Crippen LogP contribution in [0.3, 0.4) is 0 Å². The van der Waals surface area contributed by atoms with Crippen LogP contribution in [0.25, 0.3) is 5.65 Å². The molecule has 2 rings (SSSR count). The Morgan fingerprint density at radius 2 is 2.18 bits per heavy atom. The number of alkyl carbamates (subject to hydrolysis) is 1. The maximum atomic E-state index is 12.3. The highest BCUT2D eigenvalue weighted by molar-refractivity contribution is 5.97. The smallest absolute Gasteiger partial charge is 0.406 e. The minimum Gasteiger partial charge on any atom is -0.448 e. The third-order valence-electron chi connectivity index (χ3n) is 2.91. The minimum atomic E-state index is -0.581. The largest absolute Gasteiger partial charge is 0.448 e. The lowest BCUT2D eigenvalue weighted by molar-refractivity contribution is 0.0742. The van der Waals surface area contributed by atoms with Crippen molar-refractivity contribution in [2.75, 3.05) is 27.2 Å². The number of nitrogens with zero attached hydrogens (tertiary/aromatic N) is 6. The molecule has 0 fully saturated rings. The maximum absolute atomic E-state index is 12.3. The first-order chi connectivity index (χ1) is 10.5. The second kappa shape index (κ2) is 6.20. The molecular formula is C11H15N7O4. The Kier molecular flexibility index (Phi) is 4.34. The number of aromatic nitrogens is 5. The third-order valence-corrected chi connectivity index (χ3v) is 2.91. The maximum Gasteiger partial charge on any atom is 0.406 e. The topological polar surface area (TPSA) is 124 Å². The first-order valence-corrected chi connectivity index (χ1v) is 6.32. The van der Waals surface area contributed by atoms with E-state index >= 15 is 0 Å². The highest BCUT2D eigenvalue weighted by atomic mass is 16.5. The van der Waals surface area contributed by atoms with E-state index in [9.17, 15) is 14.4 Å². The van der Waals surface area contributed by atoms with E-state index in [2.05, 4.69) is 20.6 Å². The third kappa shape index (κ3) is 2.87. The van der Waals surface area contributed by atoms with Crippen LogP contribution in [0.1, 0.15) is 10.5 Å². The van der Waals surface area contributed by atoms with Crippen molar-refractivity contribution in [3.8, 4) is 0 Å². The Bertz CT molecular complexity index is 765. The van der Waals surface area contributed by atoms with Gasteiger partial charge >= 0.3 is 11.8 Å². The number of imidazole rings is 1. The van der Waals surface area contributed by atoms with E-state index < -0.39 is 17.7 Å². The molecule has 0 aliphatic carbocycles. The molecule has 1 N–H and O–H groups in total. The molecule has 2 heterocycles. The lowest BCUT2D eigenvalue weighted by Crippen LogP contribution is -2.33. The van der Waals surface area contributed by atoms with Gasteiger partial charge in [0.15, 0.2) is 11.3 Å². The summed E-state index contributed by atoms with van der Waals surface area (Å²) >= 11 is 0. The predicted octanol–water partition coefficient (Wildman–Crippen LogP) is -1.75. The Labute approximate surface area is 124 Å². The molecule has 0 radical (unpaired) electrons. The molecule has 0 saturated heterocycles. The number of nitrogens with one attached hydrogen (secondary N) is 1. The molecule has 2 amide bonds. The summed E-state index contributed by atoms with van der Waals surface area (Å²) in [5, 5.41) is 9.72. The van der Waals surface area contributed by atoms with E-state index in [1.54, 1.807) is 0 Å². The molecule has 118 valence electrons. The number of fused-ring (bicyclic) bond motifs is 1. The van der Waals surface area contributed by atoms with E-state index in [-0.39, 0.29) is 24.5 Å². The van der Waals surface area contributed by atoms with Gasteiger partial charge in [-0.25, -0.2) is 19.0 Å². The molecule has 11 nitrogen and oxygen atoms in total. The van der Waals surface area contributed by atoms with E-state index in [0.29, 0.717) is 0 Å². The van der Waals surface area contributed by atoms with E-state index in [1.807, 2.05) is 0 Å². The van der Waals surface area contributed by atoms with Gasteiger partial charge in [0.25, 0.3) is 5.91 Å². The number of carbonyl (C=O) groups is 2. The second-order valence-corrected chi connectivity index (χ2v) is 4.40. The van der Waals surface area contributed by atoms with Gasteiger partial charge in [-0.1, -0.05) is 5.21 Å². The van der Waals surface area contributed by atoms with Gasteiger partial charge in [-0.15, -0.1) is 5.10 Å². The number of amides is 2. The number of likely N-dealkylation sites (N-methyl/N-ethyl adjacent to an activating group) is 1. The zero-order chi connectivity index (χ0) is 16.3. The zero-order valence-corrected chi connectivity index (χ0v) is 12.3. The van der Waals surface area contributed by atoms with Crippen LogP contribution in [0.15, 0.2) is 11.1 Å². The van der Waals surface area contributed by atoms with Gasteiger partial charge in [-0.2, -0.15) is 4.68 Å². The second-order valence-electron chi connectivity index (χ2n) is 4.40. The summed E-state index contributed by atoms with van der Waals surface area (Å²) in [5.74, 6) is -0.453. The van der Waals surface area contributed by atoms with Gasteiger partial charge in [0.1, 0.15) is 12.9 Å². The molecule has 0 saturated carbocycles. The molecule has 0 bridgehead atoms. The van der Waals surface area contributed by atoms with E-state index in [4.69, 9.17) is 4.74 Å². The van der Waals surface area contributed by atoms with Gasteiger partial charge in [0.05, 0.1) is 6.54 Å². The first-order valence-electron chi connectivity index (χ1n) is 6.32. The highest BCUT2D eigenvalue weighted by Gasteiger charge is 2.20. The molecule has 11 heteroatoms. The monoisotopic (exact) mass is 309 g/mol. The number of carbonyl (C=O) groups excluding carboxylic acids is 2. The summed E-state index contributed by atoms with van der Waals surface area (Å²) in [4.78, 5) is 40.2. The van der Waals surface area contributed by atoms with Crippen molar-refractivity contribution in [1.82, 2.24) is 34.6 Å². The van der Waals surface area contributed by atoms with Gasteiger partial charge in [0.2, 0.25) is 0 Å². The minimum absolute atomic E-state index is 0.00708. The molecule has 2 aromatic heterocycles. The molecule has 2 aromatic rings. The predicted molar refractivity (Wildman–Crippen MR) is 73.4 cm³/mol. The van der Waals surface area contributed by atoms with Crippen LogP contribution in [0.2, 0.25) is 0 Å². The van der Waals surface area contributed by atoms with Crippen LogP contribution >= 0.6 is 0 Å². The van der Waals surface area contributed by atoms with E-state index in [1.165, 1.54) is 32.4 Å². The number of ether oxygens (including phenoxy) is 1. The molecule has 0 aromatic carbocycles. The van der Waals surface area contributed by atoms with Crippen molar-refractivity contribution in [2.24, 2.45) is 7.05 Å². The van der Waals surface area contributed by atoms with Crippen molar-refractivity contribution in [3.63, 3.8) is 0 Å². The standard InChI is InChI=1S/C11H15N7O4/c1-12-10(20)22-5-4-16(2)9(19)7-8-14-15-17(3)11(21)18(8)6-13-7/h6H,4-5H2,1-3H3,(H,12,20). The van der Waals surface area contributed by atoms with Crippen LogP contribution in [-0.2, 0) is 11.8 Å². The van der Waals surface area contributed by atoms with Crippen molar-refractivity contribution >= 4 is 17.6 Å². The van der Waals surface area contributed by atoms with Gasteiger partial charge < -0.3 is 15.0 Å². The van der Waals surface area contributed by atoms with Crippen LogP contribution in [0.5, 0.6) is 0 Å². The van der Waals surface area contributed by atoms with Crippen molar-refractivity contribution in [3.05, 3.63) is 22.5 Å². The molecule has 0 spiro atoms. The van der Waals surface area contributed by atoms with Crippen molar-refractivity contribution in [1.29, 1.82) is 0 Å². The summed E-state index contributed by atoms with van der Waals surface area (Å²) in [6, 6.07) is 0. The quantitative estimate of drug-likeness (QED) is 0.710. The van der Waals surface area contributed by atoms with Crippen molar-refractivity contribution < 1.29 is 14.3 Å². The zero-order valence-electron chi connectivity index (χ0n) is 12.3. The average molecular weight is 309 g/mol. The summed E-state index contributed by atoms with van der Waals surface area (Å²) in [5.41, 5.74) is -0.373. The van der Waals surface area contributed by atoms with Crippen LogP contribution in [-0.4, -0.2) is 68.5 Å². The lowest BCUT2D eigenvalue weighted by atomic mass is 10.4. The first kappa shape index (κ1) is 15.4. The Morgan fingerprint density at radius 3 is 2.86 bits per heavy atom. The molecule has 0 aliphatic heterocycles. The fraction of sp³-hybridized carbons (Fsp3) is 0.455. The molecule has 22 heavy (non-hydrogen) atoms. The summed E-state index contributed by atoms with van der Waals surface area (Å²) in [6.45, 7) is 0.199. The van der Waals surface area contributed by atoms with E-state index in [0.717, 1.165) is 9.08 Å². The van der Waals surface area contributed by atoms with Crippen molar-refractivity contribution in [2.45, 2.75) is 0 Å². The van der Waals surface area contributed by atoms with Gasteiger partial charge in [-0.3, -0.25) is 4.79 Å². The Hall–Kier alpha value is -2.98. The Morgan fingerprint density at radius 1 is 1.45 bits per heavy atom. The molecule has 0 atom stereocenters. The SMILES string of the molecule is CNC(=O)OCCN(C)C(=O)c1ncn2c(=O)n(C)nnc12. The molecule has 0 unspecified atom stereocenters. The van der Waals surface area contributed by atoms with Gasteiger partial charge in [0, 0.05) is 21.1 Å². The average Bonchev–Trinajstić information content (AvgIpc) is 2.94. The Balaban J connectivity index is 2.14. The summed E-state index contributed by atoms with van der Waals surface area (Å²) < 4.78 is 6.97. The number of rotatable bonds is 4. The van der Waals surface area contributed by atoms with Gasteiger partial charge in [-0.05, 0) is 0 Å². The fourth-order valence-electron chi connectivity index (χ4n) is 1.66. The normalized spacial score (nSPS) is 10.5. The summed E-state index contributed by atoms with van der Waals surface area (Å²) in [6.07, 6.45) is 0.636. The fourth-order valence-corrected chi connectivity index (χ4v) is 1.66. The molecule has 0 aliphatic rings. The van der Waals surface area contributed by atoms with Crippen LogP contribution in [0, 0.1) is 0 Å². The van der Waals surface area contributed by atoms with Crippen LogP contribution < -0.4 is 11.0 Å². The number of hydrogen-bond acceptors (Lipinski definition) is 7. The summed E-state index contributed by atoms with van der Waals surface area (Å²) in [7, 11) is 4.40.